The Balaban J connectivity index is 1.02. The van der Waals surface area contributed by atoms with Crippen LogP contribution < -0.4 is 0 Å². The molecule has 274 valence electrons. The van der Waals surface area contributed by atoms with Gasteiger partial charge in [0.2, 0.25) is 0 Å². The average Bonchev–Trinajstić information content (AvgIpc) is 3.74. The van der Waals surface area contributed by atoms with E-state index >= 15 is 0 Å². The fraction of sp³-hybridized carbons (Fsp3) is 0.0536. The summed E-state index contributed by atoms with van der Waals surface area (Å²) in [6.07, 6.45) is 0. The lowest BCUT2D eigenvalue weighted by atomic mass is 9.81. The molecule has 2 heterocycles. The highest BCUT2D eigenvalue weighted by atomic mass is 15.0. The zero-order chi connectivity index (χ0) is 38.8. The lowest BCUT2D eigenvalue weighted by molar-refractivity contribution is 0.660. The Morgan fingerprint density at radius 2 is 0.914 bits per heavy atom. The van der Waals surface area contributed by atoms with Gasteiger partial charge in [0.1, 0.15) is 0 Å². The highest BCUT2D eigenvalue weighted by Gasteiger charge is 2.35. The Morgan fingerprint density at radius 3 is 1.72 bits per heavy atom. The van der Waals surface area contributed by atoms with Crippen molar-refractivity contribution in [1.82, 2.24) is 9.55 Å². The van der Waals surface area contributed by atoms with Crippen molar-refractivity contribution < 1.29 is 0 Å². The molecule has 0 unspecified atom stereocenters. The van der Waals surface area contributed by atoms with Gasteiger partial charge in [-0.2, -0.15) is 0 Å². The molecule has 0 fully saturated rings. The second kappa shape index (κ2) is 13.4. The standard InChI is InChI=1S/C56H40N2/c1-56(2)50-25-11-9-23-46(50)47-29-27-41(33-51(47)56)39-19-13-20-40(31-39)42-28-30-49-48-24-10-12-26-54(48)58(55(49)36-42)45-22-14-21-43(32-45)53-35-44(37-15-5-3-6-16-37)34-52(57-53)38-17-7-4-8-18-38/h3-36H,1-2H3. The normalized spacial score (nSPS) is 12.8. The zero-order valence-corrected chi connectivity index (χ0v) is 32.5. The summed E-state index contributed by atoms with van der Waals surface area (Å²) in [5.41, 5.74) is 20.1. The maximum atomic E-state index is 5.26. The van der Waals surface area contributed by atoms with Crippen LogP contribution in [0.15, 0.2) is 206 Å². The molecule has 0 atom stereocenters. The molecule has 0 N–H and O–H groups in total. The molecule has 0 bridgehead atoms. The van der Waals surface area contributed by atoms with Crippen molar-refractivity contribution in [2.45, 2.75) is 19.3 Å². The molecule has 10 aromatic rings. The summed E-state index contributed by atoms with van der Waals surface area (Å²) in [6.45, 7) is 4.70. The Morgan fingerprint density at radius 1 is 0.345 bits per heavy atom. The molecule has 0 saturated heterocycles. The van der Waals surface area contributed by atoms with Crippen molar-refractivity contribution >= 4 is 21.8 Å². The smallest absolute Gasteiger partial charge is 0.0716 e. The third-order valence-corrected chi connectivity index (χ3v) is 12.2. The minimum absolute atomic E-state index is 0.0414. The van der Waals surface area contributed by atoms with Crippen LogP contribution in [0.1, 0.15) is 25.0 Å². The first-order valence-corrected chi connectivity index (χ1v) is 20.1. The van der Waals surface area contributed by atoms with Crippen LogP contribution >= 0.6 is 0 Å². The monoisotopic (exact) mass is 740 g/mol. The summed E-state index contributed by atoms with van der Waals surface area (Å²) < 4.78 is 2.42. The fourth-order valence-electron chi connectivity index (χ4n) is 9.23. The summed E-state index contributed by atoms with van der Waals surface area (Å²) in [6, 6.07) is 74.9. The second-order valence-electron chi connectivity index (χ2n) is 16.0. The third-order valence-electron chi connectivity index (χ3n) is 12.2. The van der Waals surface area contributed by atoms with Gasteiger partial charge in [-0.05, 0) is 104 Å². The summed E-state index contributed by atoms with van der Waals surface area (Å²) in [7, 11) is 0. The maximum Gasteiger partial charge on any atom is 0.0716 e. The van der Waals surface area contributed by atoms with Gasteiger partial charge in [0.15, 0.2) is 0 Å². The molecule has 0 amide bonds. The number of pyridine rings is 1. The summed E-state index contributed by atoms with van der Waals surface area (Å²) in [5, 5.41) is 2.47. The van der Waals surface area contributed by atoms with Crippen LogP contribution in [-0.4, -0.2) is 9.55 Å². The molecule has 0 spiro atoms. The van der Waals surface area contributed by atoms with E-state index in [1.54, 1.807) is 0 Å². The molecule has 2 nitrogen and oxygen atoms in total. The molecule has 1 aliphatic carbocycles. The number of fused-ring (bicyclic) bond motifs is 6. The first-order chi connectivity index (χ1) is 28.5. The van der Waals surface area contributed by atoms with Gasteiger partial charge >= 0.3 is 0 Å². The molecular formula is C56H40N2. The van der Waals surface area contributed by atoms with Crippen LogP contribution in [-0.2, 0) is 5.41 Å². The second-order valence-corrected chi connectivity index (χ2v) is 16.0. The maximum absolute atomic E-state index is 5.26. The Labute approximate surface area is 339 Å². The van der Waals surface area contributed by atoms with Gasteiger partial charge in [-0.1, -0.05) is 172 Å². The SMILES string of the molecule is CC1(C)c2ccccc2-c2ccc(-c3cccc(-c4ccc5c6ccccc6n(-c6cccc(-c7cc(-c8ccccc8)cc(-c8ccccc8)n7)c6)c5c4)c3)cc21. The Hall–Kier alpha value is -7.29. The largest absolute Gasteiger partial charge is 0.309 e. The highest BCUT2D eigenvalue weighted by molar-refractivity contribution is 6.10. The highest BCUT2D eigenvalue weighted by Crippen LogP contribution is 2.49. The van der Waals surface area contributed by atoms with Gasteiger partial charge in [0, 0.05) is 33.0 Å². The molecule has 1 aliphatic rings. The number of nitrogens with zero attached hydrogens (tertiary/aromatic N) is 2. The van der Waals surface area contributed by atoms with Crippen LogP contribution in [0, 0.1) is 0 Å². The van der Waals surface area contributed by atoms with Gasteiger partial charge in [-0.25, -0.2) is 4.98 Å². The predicted molar refractivity (Wildman–Crippen MR) is 243 cm³/mol. The van der Waals surface area contributed by atoms with Gasteiger partial charge in [-0.15, -0.1) is 0 Å². The van der Waals surface area contributed by atoms with Crippen molar-refractivity contribution in [2.24, 2.45) is 0 Å². The zero-order valence-electron chi connectivity index (χ0n) is 32.5. The Bertz CT molecular complexity index is 3130. The number of aromatic nitrogens is 2. The van der Waals surface area contributed by atoms with E-state index in [0.717, 1.165) is 33.8 Å². The van der Waals surface area contributed by atoms with E-state index in [9.17, 15) is 0 Å². The number of hydrogen-bond acceptors (Lipinski definition) is 1. The summed E-state index contributed by atoms with van der Waals surface area (Å²) >= 11 is 0. The van der Waals surface area contributed by atoms with Gasteiger partial charge < -0.3 is 4.57 Å². The van der Waals surface area contributed by atoms with Crippen LogP contribution in [0.3, 0.4) is 0 Å². The Kier molecular flexibility index (Phi) is 7.87. The minimum atomic E-state index is -0.0414. The number of rotatable bonds is 6. The van der Waals surface area contributed by atoms with Crippen LogP contribution in [0.2, 0.25) is 0 Å². The average molecular weight is 741 g/mol. The number of para-hydroxylation sites is 1. The molecule has 58 heavy (non-hydrogen) atoms. The van der Waals surface area contributed by atoms with Crippen LogP contribution in [0.4, 0.5) is 0 Å². The van der Waals surface area contributed by atoms with Crippen molar-refractivity contribution in [3.05, 3.63) is 217 Å². The minimum Gasteiger partial charge on any atom is -0.309 e. The molecule has 11 rings (SSSR count). The summed E-state index contributed by atoms with van der Waals surface area (Å²) in [5.74, 6) is 0. The van der Waals surface area contributed by atoms with Crippen molar-refractivity contribution in [2.75, 3.05) is 0 Å². The number of benzene rings is 8. The van der Waals surface area contributed by atoms with Crippen LogP contribution in [0.25, 0.3) is 94.5 Å². The fourth-order valence-corrected chi connectivity index (χ4v) is 9.23. The molecular weight excluding hydrogens is 701 g/mol. The van der Waals surface area contributed by atoms with E-state index in [1.165, 1.54) is 71.9 Å². The summed E-state index contributed by atoms with van der Waals surface area (Å²) in [4.78, 5) is 5.26. The molecule has 0 saturated carbocycles. The van der Waals surface area contributed by atoms with E-state index in [1.807, 2.05) is 0 Å². The lowest BCUT2D eigenvalue weighted by Gasteiger charge is -2.22. The topological polar surface area (TPSA) is 17.8 Å². The van der Waals surface area contributed by atoms with Gasteiger partial charge in [0.05, 0.1) is 22.4 Å². The molecule has 8 aromatic carbocycles. The molecule has 0 radical (unpaired) electrons. The quantitative estimate of drug-likeness (QED) is 0.166. The molecule has 2 aromatic heterocycles. The van der Waals surface area contributed by atoms with E-state index in [-0.39, 0.29) is 5.41 Å². The van der Waals surface area contributed by atoms with E-state index in [0.29, 0.717) is 0 Å². The third kappa shape index (κ3) is 5.60. The van der Waals surface area contributed by atoms with Crippen molar-refractivity contribution in [3.63, 3.8) is 0 Å². The van der Waals surface area contributed by atoms with Gasteiger partial charge in [-0.3, -0.25) is 0 Å². The predicted octanol–water partition coefficient (Wildman–Crippen LogP) is 14.8. The lowest BCUT2D eigenvalue weighted by Crippen LogP contribution is -2.14. The first-order valence-electron chi connectivity index (χ1n) is 20.1. The van der Waals surface area contributed by atoms with Gasteiger partial charge in [0.25, 0.3) is 0 Å². The molecule has 2 heteroatoms. The first kappa shape index (κ1) is 34.0. The van der Waals surface area contributed by atoms with E-state index in [4.69, 9.17) is 4.98 Å². The molecule has 0 aliphatic heterocycles. The number of hydrogen-bond donors (Lipinski definition) is 0. The van der Waals surface area contributed by atoms with E-state index in [2.05, 4.69) is 225 Å². The van der Waals surface area contributed by atoms with Crippen molar-refractivity contribution in [3.8, 4) is 72.7 Å². The van der Waals surface area contributed by atoms with Crippen LogP contribution in [0.5, 0.6) is 0 Å². The van der Waals surface area contributed by atoms with E-state index < -0.39 is 0 Å². The van der Waals surface area contributed by atoms with Crippen molar-refractivity contribution in [1.29, 1.82) is 0 Å².